The van der Waals surface area contributed by atoms with Gasteiger partial charge in [-0.05, 0) is 30.4 Å². The summed E-state index contributed by atoms with van der Waals surface area (Å²) in [7, 11) is 0. The number of fused-ring (bicyclic) bond motifs is 1. The summed E-state index contributed by atoms with van der Waals surface area (Å²) in [6, 6.07) is 9.24. The Bertz CT molecular complexity index is 678. The van der Waals surface area contributed by atoms with Crippen molar-refractivity contribution >= 4 is 28.4 Å². The molecule has 0 saturated heterocycles. The van der Waals surface area contributed by atoms with Gasteiger partial charge in [-0.15, -0.1) is 0 Å². The zero-order valence-electron chi connectivity index (χ0n) is 12.2. The summed E-state index contributed by atoms with van der Waals surface area (Å²) in [6.07, 6.45) is 4.87. The number of hydrogen-bond acceptors (Lipinski definition) is 2. The van der Waals surface area contributed by atoms with Gasteiger partial charge in [0.25, 0.3) is 5.91 Å². The lowest BCUT2D eigenvalue weighted by Gasteiger charge is -2.23. The Kier molecular flexibility index (Phi) is 3.85. The van der Waals surface area contributed by atoms with E-state index in [9.17, 15) is 4.79 Å². The van der Waals surface area contributed by atoms with E-state index in [1.165, 1.54) is 25.7 Å². The molecule has 1 aromatic carbocycles. The fourth-order valence-electron chi connectivity index (χ4n) is 3.04. The first-order valence-electron chi connectivity index (χ1n) is 7.41. The predicted molar refractivity (Wildman–Crippen MR) is 85.7 cm³/mol. The number of rotatable bonds is 3. The van der Waals surface area contributed by atoms with E-state index < -0.39 is 0 Å². The Balaban J connectivity index is 1.78. The smallest absolute Gasteiger partial charge is 0.269 e. The van der Waals surface area contributed by atoms with Crippen molar-refractivity contribution in [3.05, 3.63) is 41.0 Å². The highest BCUT2D eigenvalue weighted by molar-refractivity contribution is 6.35. The van der Waals surface area contributed by atoms with E-state index >= 15 is 0 Å². The van der Waals surface area contributed by atoms with Crippen molar-refractivity contribution in [3.8, 4) is 0 Å². The SMILES string of the molecule is CC1(CNC(=O)c2cc(Cl)c3ccccc3n2)CCCC1. The minimum absolute atomic E-state index is 0.143. The molecular weight excluding hydrogens is 284 g/mol. The molecule has 3 rings (SSSR count). The van der Waals surface area contributed by atoms with Crippen LogP contribution in [0.5, 0.6) is 0 Å². The van der Waals surface area contributed by atoms with Crippen LogP contribution in [0.1, 0.15) is 43.1 Å². The summed E-state index contributed by atoms with van der Waals surface area (Å²) in [5.41, 5.74) is 1.37. The molecule has 2 aromatic rings. The third-order valence-electron chi connectivity index (χ3n) is 4.38. The van der Waals surface area contributed by atoms with Crippen LogP contribution in [0.4, 0.5) is 0 Å². The quantitative estimate of drug-likeness (QED) is 0.923. The summed E-state index contributed by atoms with van der Waals surface area (Å²) in [4.78, 5) is 16.7. The maximum absolute atomic E-state index is 12.3. The average molecular weight is 303 g/mol. The van der Waals surface area contributed by atoms with Gasteiger partial charge in [0, 0.05) is 11.9 Å². The van der Waals surface area contributed by atoms with Gasteiger partial charge >= 0.3 is 0 Å². The summed E-state index contributed by atoms with van der Waals surface area (Å²) in [5, 5.41) is 4.45. The molecule has 21 heavy (non-hydrogen) atoms. The van der Waals surface area contributed by atoms with Crippen molar-refractivity contribution in [1.82, 2.24) is 10.3 Å². The molecule has 0 aliphatic heterocycles. The van der Waals surface area contributed by atoms with Gasteiger partial charge in [-0.2, -0.15) is 0 Å². The molecule has 0 unspecified atom stereocenters. The first-order valence-corrected chi connectivity index (χ1v) is 7.79. The van der Waals surface area contributed by atoms with E-state index in [-0.39, 0.29) is 11.3 Å². The van der Waals surface area contributed by atoms with Crippen molar-refractivity contribution in [1.29, 1.82) is 0 Å². The molecule has 1 aliphatic carbocycles. The van der Waals surface area contributed by atoms with Crippen molar-refractivity contribution in [2.24, 2.45) is 5.41 Å². The van der Waals surface area contributed by atoms with Crippen LogP contribution in [0.2, 0.25) is 5.02 Å². The van der Waals surface area contributed by atoms with E-state index in [2.05, 4.69) is 17.2 Å². The minimum atomic E-state index is -0.143. The lowest BCUT2D eigenvalue weighted by molar-refractivity contribution is 0.0929. The number of amides is 1. The molecule has 0 bridgehead atoms. The number of benzene rings is 1. The molecule has 0 radical (unpaired) electrons. The first-order chi connectivity index (χ1) is 10.1. The molecular formula is C17H19ClN2O. The summed E-state index contributed by atoms with van der Waals surface area (Å²) in [6.45, 7) is 2.94. The fourth-order valence-corrected chi connectivity index (χ4v) is 3.30. The number of nitrogens with one attached hydrogen (secondary N) is 1. The number of halogens is 1. The van der Waals surface area contributed by atoms with E-state index in [0.717, 1.165) is 10.9 Å². The van der Waals surface area contributed by atoms with Gasteiger partial charge in [0.15, 0.2) is 0 Å². The van der Waals surface area contributed by atoms with Crippen LogP contribution in [0.25, 0.3) is 10.9 Å². The van der Waals surface area contributed by atoms with Gasteiger partial charge in [-0.3, -0.25) is 4.79 Å². The summed E-state index contributed by atoms with van der Waals surface area (Å²) >= 11 is 6.24. The average Bonchev–Trinajstić information content (AvgIpc) is 2.92. The van der Waals surface area contributed by atoms with Crippen LogP contribution in [0.15, 0.2) is 30.3 Å². The van der Waals surface area contributed by atoms with Gasteiger partial charge in [-0.25, -0.2) is 4.98 Å². The Morgan fingerprint density at radius 3 is 2.81 bits per heavy atom. The van der Waals surface area contributed by atoms with Crippen LogP contribution >= 0.6 is 11.6 Å². The molecule has 1 N–H and O–H groups in total. The van der Waals surface area contributed by atoms with Crippen molar-refractivity contribution in [3.63, 3.8) is 0 Å². The second-order valence-corrected chi connectivity index (χ2v) is 6.61. The normalized spacial score (nSPS) is 17.0. The molecule has 1 aliphatic rings. The van der Waals surface area contributed by atoms with Gasteiger partial charge < -0.3 is 5.32 Å². The van der Waals surface area contributed by atoms with Gasteiger partial charge in [0.05, 0.1) is 10.5 Å². The number of pyridine rings is 1. The topological polar surface area (TPSA) is 42.0 Å². The number of carbonyl (C=O) groups is 1. The van der Waals surface area contributed by atoms with Crippen molar-refractivity contribution in [2.45, 2.75) is 32.6 Å². The molecule has 1 fully saturated rings. The zero-order valence-corrected chi connectivity index (χ0v) is 12.9. The molecule has 0 spiro atoms. The first kappa shape index (κ1) is 14.3. The maximum Gasteiger partial charge on any atom is 0.269 e. The Morgan fingerprint density at radius 1 is 1.33 bits per heavy atom. The highest BCUT2D eigenvalue weighted by atomic mass is 35.5. The number of nitrogens with zero attached hydrogens (tertiary/aromatic N) is 1. The largest absolute Gasteiger partial charge is 0.350 e. The second-order valence-electron chi connectivity index (χ2n) is 6.21. The van der Waals surface area contributed by atoms with E-state index in [1.54, 1.807) is 6.07 Å². The molecule has 1 amide bonds. The molecule has 110 valence electrons. The molecule has 1 saturated carbocycles. The van der Waals surface area contributed by atoms with Crippen LogP contribution in [-0.4, -0.2) is 17.4 Å². The Labute approximate surface area is 129 Å². The lowest BCUT2D eigenvalue weighted by Crippen LogP contribution is -2.34. The van der Waals surface area contributed by atoms with Crippen LogP contribution in [0, 0.1) is 5.41 Å². The summed E-state index contributed by atoms with van der Waals surface area (Å²) < 4.78 is 0. The standard InChI is InChI=1S/C17H19ClN2O/c1-17(8-4-5-9-17)11-19-16(21)15-10-13(18)12-6-2-3-7-14(12)20-15/h2-3,6-7,10H,4-5,8-9,11H2,1H3,(H,19,21). The Hall–Kier alpha value is -1.61. The fraction of sp³-hybridized carbons (Fsp3) is 0.412. The van der Waals surface area contributed by atoms with E-state index in [1.807, 2.05) is 24.3 Å². The van der Waals surface area contributed by atoms with Crippen LogP contribution in [0.3, 0.4) is 0 Å². The van der Waals surface area contributed by atoms with Crippen LogP contribution in [-0.2, 0) is 0 Å². The molecule has 0 atom stereocenters. The van der Waals surface area contributed by atoms with Crippen LogP contribution < -0.4 is 5.32 Å². The third-order valence-corrected chi connectivity index (χ3v) is 4.70. The second kappa shape index (κ2) is 5.64. The molecule has 4 heteroatoms. The maximum atomic E-state index is 12.3. The highest BCUT2D eigenvalue weighted by Crippen LogP contribution is 2.36. The highest BCUT2D eigenvalue weighted by Gasteiger charge is 2.29. The molecule has 3 nitrogen and oxygen atoms in total. The number of hydrogen-bond donors (Lipinski definition) is 1. The minimum Gasteiger partial charge on any atom is -0.350 e. The predicted octanol–water partition coefficient (Wildman–Crippen LogP) is 4.20. The van der Waals surface area contributed by atoms with Gasteiger partial charge in [0.1, 0.15) is 5.69 Å². The monoisotopic (exact) mass is 302 g/mol. The molecule has 1 aromatic heterocycles. The number of carbonyl (C=O) groups excluding carboxylic acids is 1. The van der Waals surface area contributed by atoms with Crippen molar-refractivity contribution < 1.29 is 4.79 Å². The number of aromatic nitrogens is 1. The number of para-hydroxylation sites is 1. The lowest BCUT2D eigenvalue weighted by atomic mass is 9.89. The van der Waals surface area contributed by atoms with Gasteiger partial charge in [-0.1, -0.05) is 49.6 Å². The summed E-state index contributed by atoms with van der Waals surface area (Å²) in [5.74, 6) is -0.143. The zero-order chi connectivity index (χ0) is 14.9. The van der Waals surface area contributed by atoms with Gasteiger partial charge in [0.2, 0.25) is 0 Å². The van der Waals surface area contributed by atoms with E-state index in [0.29, 0.717) is 17.3 Å². The van der Waals surface area contributed by atoms with E-state index in [4.69, 9.17) is 11.6 Å². The molecule has 1 heterocycles. The third kappa shape index (κ3) is 3.03. The van der Waals surface area contributed by atoms with Crippen molar-refractivity contribution in [2.75, 3.05) is 6.54 Å². The Morgan fingerprint density at radius 2 is 2.05 bits per heavy atom.